The molecule has 2 radical (unpaired) electrons. The zero-order valence-corrected chi connectivity index (χ0v) is 21.3. The molecular formula is C25H36O4Sn. The predicted molar refractivity (Wildman–Crippen MR) is 120 cm³/mol. The van der Waals surface area contributed by atoms with Crippen LogP contribution in [-0.2, 0) is 19.2 Å². The zero-order chi connectivity index (χ0) is 21.3. The number of carbonyl (C=O) groups is 1. The Balaban J connectivity index is 1.54. The number of ether oxygens (including phenoxy) is 1. The van der Waals surface area contributed by atoms with Crippen LogP contribution in [0.25, 0.3) is 0 Å². The fourth-order valence-electron chi connectivity index (χ4n) is 4.72. The predicted octanol–water partition coefficient (Wildman–Crippen LogP) is 6.00. The van der Waals surface area contributed by atoms with Crippen molar-refractivity contribution in [3.05, 3.63) is 47.2 Å². The average molecular weight is 519 g/mol. The van der Waals surface area contributed by atoms with Crippen LogP contribution in [-0.4, -0.2) is 39.2 Å². The number of carboxylic acid groups (broad SMARTS) is 1. The summed E-state index contributed by atoms with van der Waals surface area (Å²) in [5.74, 6) is 2.15. The van der Waals surface area contributed by atoms with Gasteiger partial charge in [0, 0.05) is 0 Å². The monoisotopic (exact) mass is 520 g/mol. The summed E-state index contributed by atoms with van der Waals surface area (Å²) in [7, 11) is 0. The first-order chi connectivity index (χ1) is 14.5. The third kappa shape index (κ3) is 7.01. The second kappa shape index (κ2) is 12.1. The molecule has 1 N–H and O–H groups in total. The molecule has 1 aromatic carbocycles. The summed E-state index contributed by atoms with van der Waals surface area (Å²) in [6.45, 7) is 5.89. The summed E-state index contributed by atoms with van der Waals surface area (Å²) < 4.78 is 12.7. The van der Waals surface area contributed by atoms with Gasteiger partial charge in [0.15, 0.2) is 0 Å². The molecule has 4 nitrogen and oxygen atoms in total. The van der Waals surface area contributed by atoms with E-state index < -0.39 is 27.5 Å². The Kier molecular flexibility index (Phi) is 9.56. The van der Waals surface area contributed by atoms with Gasteiger partial charge in [-0.2, -0.15) is 0 Å². The molecule has 5 heteroatoms. The van der Waals surface area contributed by atoms with E-state index >= 15 is 0 Å². The first-order valence-corrected chi connectivity index (χ1v) is 14.3. The van der Waals surface area contributed by atoms with E-state index in [9.17, 15) is 9.90 Å². The van der Waals surface area contributed by atoms with Crippen molar-refractivity contribution in [1.82, 2.24) is 0 Å². The molecule has 2 aliphatic rings. The van der Waals surface area contributed by atoms with Crippen LogP contribution in [0.5, 0.6) is 0 Å². The number of hydrogen-bond acceptors (Lipinski definition) is 3. The molecule has 0 saturated heterocycles. The standard InChI is InChI=1S/C25H37O4.Sn/c1-19(2)13-14-22-11-6-12-23(25(22)28)16-21(17-24(26)27)10-7-15-29-18-20-8-4-3-5-9-20;/h3-5,8-9,16,19,21-22,28H,6-7,10-15,17-18H2,1-2H3,(H,26,27);/q;+1/p-1/t21-,22?;/m1./s1. The van der Waals surface area contributed by atoms with Crippen molar-refractivity contribution in [2.24, 2.45) is 17.8 Å². The zero-order valence-electron chi connectivity index (χ0n) is 18.4. The van der Waals surface area contributed by atoms with E-state index in [-0.39, 0.29) is 12.3 Å². The first kappa shape index (κ1) is 23.6. The van der Waals surface area contributed by atoms with Gasteiger partial charge in [0.1, 0.15) is 0 Å². The molecule has 1 aromatic rings. The van der Waals surface area contributed by atoms with Gasteiger partial charge >= 0.3 is 193 Å². The Bertz CT molecular complexity index is 700. The van der Waals surface area contributed by atoms with Gasteiger partial charge in [-0.05, 0) is 0 Å². The molecule has 0 saturated carbocycles. The van der Waals surface area contributed by atoms with E-state index in [1.165, 1.54) is 42.6 Å². The van der Waals surface area contributed by atoms with Crippen LogP contribution in [0, 0.1) is 17.8 Å². The van der Waals surface area contributed by atoms with Crippen molar-refractivity contribution >= 4 is 27.5 Å². The van der Waals surface area contributed by atoms with Crippen LogP contribution in [0.4, 0.5) is 0 Å². The number of benzene rings is 1. The first-order valence-electron chi connectivity index (χ1n) is 11.5. The van der Waals surface area contributed by atoms with Gasteiger partial charge < -0.3 is 0 Å². The van der Waals surface area contributed by atoms with Crippen LogP contribution in [0.3, 0.4) is 0 Å². The number of hydrogen-bond donors (Lipinski definition) is 1. The maximum atomic E-state index is 11.6. The molecule has 1 heterocycles. The molecule has 2 unspecified atom stereocenters. The Hall–Kier alpha value is -1.01. The van der Waals surface area contributed by atoms with Crippen molar-refractivity contribution in [2.45, 2.75) is 75.8 Å². The third-order valence-corrected chi connectivity index (χ3v) is 10.4. The van der Waals surface area contributed by atoms with Gasteiger partial charge in [0.25, 0.3) is 0 Å². The van der Waals surface area contributed by atoms with Gasteiger partial charge in [-0.15, -0.1) is 0 Å². The van der Waals surface area contributed by atoms with Crippen molar-refractivity contribution in [2.75, 3.05) is 6.61 Å². The molecule has 3 rings (SSSR count). The van der Waals surface area contributed by atoms with Gasteiger partial charge in [-0.3, -0.25) is 0 Å². The Morgan fingerprint density at radius 2 is 2.07 bits per heavy atom. The van der Waals surface area contributed by atoms with E-state index in [1.54, 1.807) is 0 Å². The molecule has 164 valence electrons. The third-order valence-electron chi connectivity index (χ3n) is 6.33. The Morgan fingerprint density at radius 3 is 2.80 bits per heavy atom. The average Bonchev–Trinajstić information content (AvgIpc) is 3.16. The van der Waals surface area contributed by atoms with Crippen molar-refractivity contribution in [3.63, 3.8) is 0 Å². The van der Waals surface area contributed by atoms with E-state index in [2.05, 4.69) is 26.0 Å². The Labute approximate surface area is 192 Å². The molecule has 0 fully saturated rings. The summed E-state index contributed by atoms with van der Waals surface area (Å²) in [4.78, 5) is 11.6. The van der Waals surface area contributed by atoms with Crippen LogP contribution >= 0.6 is 0 Å². The topological polar surface area (TPSA) is 55.8 Å². The summed E-state index contributed by atoms with van der Waals surface area (Å²) in [5.41, 5.74) is 2.69. The number of carboxylic acids is 1. The van der Waals surface area contributed by atoms with E-state index in [4.69, 9.17) is 7.81 Å². The number of aliphatic carboxylic acids is 1. The second-order valence-electron chi connectivity index (χ2n) is 9.19. The molecule has 1 aliphatic heterocycles. The minimum atomic E-state index is -1.05. The number of rotatable bonds is 12. The molecule has 0 bridgehead atoms. The van der Waals surface area contributed by atoms with Crippen molar-refractivity contribution < 1.29 is 17.7 Å². The van der Waals surface area contributed by atoms with E-state index in [0.717, 1.165) is 25.2 Å². The SMILES string of the molecule is CC(C)CCC1CCCC2=C1[O][Sn][CH]2[C@@H](CCCOCc1ccccc1)CC(=O)O. The molecule has 3 atom stereocenters. The molecule has 0 spiro atoms. The van der Waals surface area contributed by atoms with Gasteiger partial charge in [0.2, 0.25) is 0 Å². The summed E-state index contributed by atoms with van der Waals surface area (Å²) in [6, 6.07) is 10.2. The molecular weight excluding hydrogens is 483 g/mol. The molecule has 1 aliphatic carbocycles. The van der Waals surface area contributed by atoms with Gasteiger partial charge in [-0.1, -0.05) is 0 Å². The Morgan fingerprint density at radius 1 is 1.27 bits per heavy atom. The quantitative estimate of drug-likeness (QED) is 0.272. The van der Waals surface area contributed by atoms with Gasteiger partial charge in [-0.25, -0.2) is 0 Å². The van der Waals surface area contributed by atoms with E-state index in [1.807, 2.05) is 18.2 Å². The van der Waals surface area contributed by atoms with E-state index in [0.29, 0.717) is 23.1 Å². The van der Waals surface area contributed by atoms with Crippen LogP contribution in [0.1, 0.15) is 70.8 Å². The van der Waals surface area contributed by atoms with Crippen LogP contribution in [0.2, 0.25) is 3.93 Å². The molecule has 0 amide bonds. The number of allylic oxidation sites excluding steroid dienone is 2. The maximum absolute atomic E-state index is 11.6. The summed E-state index contributed by atoms with van der Waals surface area (Å²) in [5, 5.41) is 9.52. The normalized spacial score (nSPS) is 22.1. The van der Waals surface area contributed by atoms with Crippen molar-refractivity contribution in [1.29, 1.82) is 0 Å². The minimum absolute atomic E-state index is 0.214. The molecule has 30 heavy (non-hydrogen) atoms. The van der Waals surface area contributed by atoms with Crippen molar-refractivity contribution in [3.8, 4) is 0 Å². The van der Waals surface area contributed by atoms with Gasteiger partial charge in [0.05, 0.1) is 0 Å². The second-order valence-corrected chi connectivity index (χ2v) is 12.2. The fourth-order valence-corrected chi connectivity index (χ4v) is 8.88. The van der Waals surface area contributed by atoms with Crippen LogP contribution in [0.15, 0.2) is 41.7 Å². The molecule has 0 aromatic heterocycles. The van der Waals surface area contributed by atoms with Crippen LogP contribution < -0.4 is 0 Å². The fraction of sp³-hybridized carbons (Fsp3) is 0.640. The summed E-state index contributed by atoms with van der Waals surface area (Å²) in [6.07, 6.45) is 8.18. The summed E-state index contributed by atoms with van der Waals surface area (Å²) >= 11 is -1.05.